The predicted molar refractivity (Wildman–Crippen MR) is 104 cm³/mol. The maximum Gasteiger partial charge on any atom is 0.287 e. The quantitative estimate of drug-likeness (QED) is 0.887. The minimum absolute atomic E-state index is 0.0428. The first-order valence-corrected chi connectivity index (χ1v) is 9.37. The van der Waals surface area contributed by atoms with Crippen LogP contribution in [0.25, 0.3) is 0 Å². The normalized spacial score (nSPS) is 24.1. The Morgan fingerprint density at radius 1 is 1.08 bits per heavy atom. The fourth-order valence-electron chi connectivity index (χ4n) is 3.84. The van der Waals surface area contributed by atoms with E-state index < -0.39 is 0 Å². The van der Waals surface area contributed by atoms with Gasteiger partial charge in [0.25, 0.3) is 5.91 Å². The zero-order chi connectivity index (χ0) is 18.7. The molecule has 2 aromatic carbocycles. The molecule has 1 fully saturated rings. The Kier molecular flexibility index (Phi) is 5.74. The molecule has 4 nitrogen and oxygen atoms in total. The van der Waals surface area contributed by atoms with Gasteiger partial charge < -0.3 is 15.0 Å². The van der Waals surface area contributed by atoms with Gasteiger partial charge in [0.15, 0.2) is 6.04 Å². The van der Waals surface area contributed by atoms with Crippen molar-refractivity contribution >= 4 is 11.6 Å². The van der Waals surface area contributed by atoms with Crippen molar-refractivity contribution in [1.82, 2.24) is 0 Å². The number of morpholine rings is 1. The van der Waals surface area contributed by atoms with Gasteiger partial charge in [0.1, 0.15) is 25.3 Å². The number of ether oxygens (including phenoxy) is 1. The van der Waals surface area contributed by atoms with Gasteiger partial charge in [-0.2, -0.15) is 0 Å². The van der Waals surface area contributed by atoms with Crippen LogP contribution in [0.15, 0.2) is 48.5 Å². The molecule has 0 bridgehead atoms. The maximum atomic E-state index is 13.3. The van der Waals surface area contributed by atoms with Gasteiger partial charge in [-0.15, -0.1) is 0 Å². The van der Waals surface area contributed by atoms with Gasteiger partial charge in [0.2, 0.25) is 0 Å². The molecule has 1 aliphatic heterocycles. The zero-order valence-electron chi connectivity index (χ0n) is 16.1. The molecule has 4 atom stereocenters. The first kappa shape index (κ1) is 18.6. The molecule has 0 aromatic heterocycles. The Labute approximate surface area is 156 Å². The van der Waals surface area contributed by atoms with E-state index in [9.17, 15) is 4.79 Å². The molecule has 1 heterocycles. The van der Waals surface area contributed by atoms with E-state index in [1.807, 2.05) is 56.3 Å². The lowest BCUT2D eigenvalue weighted by molar-refractivity contribution is -0.936. The summed E-state index contributed by atoms with van der Waals surface area (Å²) >= 11 is 0. The SMILES string of the molecule is Cc1ccc(C)c(NC(=O)[C@@H](c2ccccc2)[NH+]2C[C@@H](C)O[C@@H](C)C2)c1. The maximum absolute atomic E-state index is 13.3. The molecule has 138 valence electrons. The average molecular weight is 353 g/mol. The minimum atomic E-state index is -0.245. The summed E-state index contributed by atoms with van der Waals surface area (Å²) in [6.45, 7) is 9.88. The Hall–Kier alpha value is -2.17. The highest BCUT2D eigenvalue weighted by atomic mass is 16.5. The summed E-state index contributed by atoms with van der Waals surface area (Å²) in [7, 11) is 0. The number of hydrogen-bond acceptors (Lipinski definition) is 2. The summed E-state index contributed by atoms with van der Waals surface area (Å²) in [6.07, 6.45) is 0.293. The molecule has 1 amide bonds. The molecule has 4 heteroatoms. The van der Waals surface area contributed by atoms with Gasteiger partial charge in [0.05, 0.1) is 0 Å². The van der Waals surface area contributed by atoms with E-state index in [2.05, 4.69) is 25.2 Å². The van der Waals surface area contributed by atoms with Gasteiger partial charge in [0, 0.05) is 11.3 Å². The molecule has 3 rings (SSSR count). The largest absolute Gasteiger partial charge is 0.364 e. The van der Waals surface area contributed by atoms with Gasteiger partial charge in [-0.25, -0.2) is 0 Å². The van der Waals surface area contributed by atoms with Crippen molar-refractivity contribution in [3.63, 3.8) is 0 Å². The number of nitrogens with one attached hydrogen (secondary N) is 2. The van der Waals surface area contributed by atoms with Crippen LogP contribution in [-0.2, 0) is 9.53 Å². The van der Waals surface area contributed by atoms with E-state index in [4.69, 9.17) is 4.74 Å². The number of benzene rings is 2. The van der Waals surface area contributed by atoms with E-state index in [1.165, 1.54) is 4.90 Å². The van der Waals surface area contributed by atoms with Crippen molar-refractivity contribution in [1.29, 1.82) is 0 Å². The van der Waals surface area contributed by atoms with Crippen molar-refractivity contribution in [3.05, 3.63) is 65.2 Å². The number of carbonyl (C=O) groups is 1. The highest BCUT2D eigenvalue weighted by molar-refractivity contribution is 5.95. The van der Waals surface area contributed by atoms with Crippen LogP contribution in [0.3, 0.4) is 0 Å². The van der Waals surface area contributed by atoms with Gasteiger partial charge in [-0.05, 0) is 44.9 Å². The van der Waals surface area contributed by atoms with Crippen molar-refractivity contribution in [2.75, 3.05) is 18.4 Å². The third-order valence-electron chi connectivity index (χ3n) is 5.02. The summed E-state index contributed by atoms with van der Waals surface area (Å²) in [5, 5.41) is 3.18. The lowest BCUT2D eigenvalue weighted by Gasteiger charge is -2.36. The monoisotopic (exact) mass is 353 g/mol. The van der Waals surface area contributed by atoms with Crippen molar-refractivity contribution in [2.24, 2.45) is 0 Å². The predicted octanol–water partition coefficient (Wildman–Crippen LogP) is 2.68. The average Bonchev–Trinajstić information content (AvgIpc) is 2.58. The fourth-order valence-corrected chi connectivity index (χ4v) is 3.84. The summed E-state index contributed by atoms with van der Waals surface area (Å²) in [6, 6.07) is 16.0. The summed E-state index contributed by atoms with van der Waals surface area (Å²) in [4.78, 5) is 14.6. The van der Waals surface area contributed by atoms with Crippen molar-refractivity contribution < 1.29 is 14.4 Å². The van der Waals surface area contributed by atoms with E-state index in [-0.39, 0.29) is 24.2 Å². The Morgan fingerprint density at radius 2 is 1.73 bits per heavy atom. The highest BCUT2D eigenvalue weighted by Crippen LogP contribution is 2.19. The standard InChI is InChI=1S/C22H28N2O2/c1-15-10-11-16(2)20(12-15)23-22(25)21(19-8-6-5-7-9-19)24-13-17(3)26-18(4)14-24/h5-12,17-18,21H,13-14H2,1-4H3,(H,23,25)/p+1/t17-,18+,21-/m1/s1. The second kappa shape index (κ2) is 8.02. The van der Waals surface area contributed by atoms with E-state index >= 15 is 0 Å². The smallest absolute Gasteiger partial charge is 0.287 e. The molecule has 0 spiro atoms. The van der Waals surface area contributed by atoms with Crippen molar-refractivity contribution in [3.8, 4) is 0 Å². The van der Waals surface area contributed by atoms with E-state index in [0.29, 0.717) is 0 Å². The van der Waals surface area contributed by atoms with Gasteiger partial charge in [-0.1, -0.05) is 42.5 Å². The van der Waals surface area contributed by atoms with Gasteiger partial charge in [-0.3, -0.25) is 4.79 Å². The van der Waals surface area contributed by atoms with Gasteiger partial charge >= 0.3 is 0 Å². The number of rotatable bonds is 4. The molecular weight excluding hydrogens is 324 g/mol. The fraction of sp³-hybridized carbons (Fsp3) is 0.409. The zero-order valence-corrected chi connectivity index (χ0v) is 16.1. The Morgan fingerprint density at radius 3 is 2.38 bits per heavy atom. The first-order chi connectivity index (χ1) is 12.4. The molecule has 1 unspecified atom stereocenters. The number of anilines is 1. The summed E-state index contributed by atoms with van der Waals surface area (Å²) in [5.41, 5.74) is 4.16. The molecule has 0 aliphatic carbocycles. The number of carbonyl (C=O) groups excluding carboxylic acids is 1. The Balaban J connectivity index is 1.90. The first-order valence-electron chi connectivity index (χ1n) is 9.37. The molecule has 2 aromatic rings. The number of aryl methyl sites for hydroxylation is 2. The van der Waals surface area contributed by atoms with E-state index in [1.54, 1.807) is 0 Å². The van der Waals surface area contributed by atoms with Crippen LogP contribution in [-0.4, -0.2) is 31.2 Å². The second-order valence-electron chi connectivity index (χ2n) is 7.48. The Bertz CT molecular complexity index is 750. The third-order valence-corrected chi connectivity index (χ3v) is 5.02. The third kappa shape index (κ3) is 4.32. The molecule has 2 N–H and O–H groups in total. The lowest BCUT2D eigenvalue weighted by atomic mass is 10.0. The number of amides is 1. The molecule has 26 heavy (non-hydrogen) atoms. The van der Waals surface area contributed by atoms with Crippen LogP contribution in [0.4, 0.5) is 5.69 Å². The van der Waals surface area contributed by atoms with E-state index in [0.717, 1.165) is 35.5 Å². The molecule has 0 saturated carbocycles. The number of quaternary nitrogens is 1. The molecule has 1 aliphatic rings. The van der Waals surface area contributed by atoms with Crippen molar-refractivity contribution in [2.45, 2.75) is 45.9 Å². The van der Waals surface area contributed by atoms with Crippen LogP contribution in [0.5, 0.6) is 0 Å². The van der Waals surface area contributed by atoms with Crippen LogP contribution >= 0.6 is 0 Å². The molecule has 1 saturated heterocycles. The number of hydrogen-bond donors (Lipinski definition) is 2. The lowest BCUT2D eigenvalue weighted by Crippen LogP contribution is -3.16. The van der Waals surface area contributed by atoms with Crippen LogP contribution in [0.1, 0.15) is 36.6 Å². The highest BCUT2D eigenvalue weighted by Gasteiger charge is 2.37. The second-order valence-corrected chi connectivity index (χ2v) is 7.48. The summed E-state index contributed by atoms with van der Waals surface area (Å²) < 4.78 is 5.88. The molecule has 0 radical (unpaired) electrons. The minimum Gasteiger partial charge on any atom is -0.364 e. The van der Waals surface area contributed by atoms with Crippen LogP contribution < -0.4 is 10.2 Å². The van der Waals surface area contributed by atoms with Crippen LogP contribution in [0.2, 0.25) is 0 Å². The topological polar surface area (TPSA) is 42.8 Å². The summed E-state index contributed by atoms with van der Waals surface area (Å²) in [5.74, 6) is 0.0428. The molecular formula is C22H29N2O2+. The van der Waals surface area contributed by atoms with Crippen LogP contribution in [0, 0.1) is 13.8 Å².